The van der Waals surface area contributed by atoms with Crippen LogP contribution < -0.4 is 10.6 Å². The zero-order valence-corrected chi connectivity index (χ0v) is 9.80. The fraction of sp³-hybridized carbons (Fsp3) is 1.00. The maximum atomic E-state index is 5.32. The van der Waals surface area contributed by atoms with E-state index < -0.39 is 0 Å². The molecule has 0 aromatic carbocycles. The highest BCUT2D eigenvalue weighted by molar-refractivity contribution is 4.83. The van der Waals surface area contributed by atoms with Crippen molar-refractivity contribution in [2.24, 2.45) is 5.92 Å². The van der Waals surface area contributed by atoms with Crippen molar-refractivity contribution in [2.75, 3.05) is 26.7 Å². The van der Waals surface area contributed by atoms with Gasteiger partial charge < -0.3 is 15.4 Å². The van der Waals surface area contributed by atoms with E-state index in [4.69, 9.17) is 4.74 Å². The summed E-state index contributed by atoms with van der Waals surface area (Å²) in [6, 6.07) is 0.622. The third-order valence-electron chi connectivity index (χ3n) is 3.86. The van der Waals surface area contributed by atoms with E-state index in [1.807, 2.05) is 0 Å². The van der Waals surface area contributed by atoms with Gasteiger partial charge in [0.25, 0.3) is 0 Å². The molecule has 0 bridgehead atoms. The molecule has 2 fully saturated rings. The largest absolute Gasteiger partial charge is 0.380 e. The smallest absolute Gasteiger partial charge is 0.0711 e. The van der Waals surface area contributed by atoms with Gasteiger partial charge in [-0.3, -0.25) is 0 Å². The molecule has 2 rings (SSSR count). The molecule has 15 heavy (non-hydrogen) atoms. The van der Waals surface area contributed by atoms with Crippen LogP contribution in [0.15, 0.2) is 0 Å². The molecule has 1 saturated heterocycles. The van der Waals surface area contributed by atoms with Crippen molar-refractivity contribution in [1.29, 1.82) is 0 Å². The van der Waals surface area contributed by atoms with Gasteiger partial charge in [0.1, 0.15) is 0 Å². The topological polar surface area (TPSA) is 33.3 Å². The number of hydrogen-bond donors (Lipinski definition) is 2. The Balaban J connectivity index is 1.47. The van der Waals surface area contributed by atoms with Crippen LogP contribution in [0.25, 0.3) is 0 Å². The molecule has 3 nitrogen and oxygen atoms in total. The minimum atomic E-state index is 0.434. The highest BCUT2D eigenvalue weighted by Crippen LogP contribution is 2.28. The molecule has 2 aliphatic rings. The van der Waals surface area contributed by atoms with Crippen molar-refractivity contribution in [3.8, 4) is 0 Å². The number of nitrogens with one attached hydrogen (secondary N) is 2. The van der Waals surface area contributed by atoms with Crippen molar-refractivity contribution < 1.29 is 4.74 Å². The lowest BCUT2D eigenvalue weighted by molar-refractivity contribution is 0.117. The summed E-state index contributed by atoms with van der Waals surface area (Å²) in [4.78, 5) is 0. The first-order valence-corrected chi connectivity index (χ1v) is 6.35. The summed E-state index contributed by atoms with van der Waals surface area (Å²) >= 11 is 0. The maximum Gasteiger partial charge on any atom is 0.0711 e. The molecular weight excluding hydrogens is 188 g/mol. The molecule has 2 unspecified atom stereocenters. The molecule has 2 N–H and O–H groups in total. The van der Waals surface area contributed by atoms with Gasteiger partial charge in [0, 0.05) is 26.2 Å². The van der Waals surface area contributed by atoms with E-state index in [-0.39, 0.29) is 0 Å². The average molecular weight is 212 g/mol. The Labute approximate surface area is 93.0 Å². The van der Waals surface area contributed by atoms with Gasteiger partial charge in [-0.2, -0.15) is 0 Å². The van der Waals surface area contributed by atoms with E-state index in [0.29, 0.717) is 12.1 Å². The summed E-state index contributed by atoms with van der Waals surface area (Å²) in [5.41, 5.74) is 0. The van der Waals surface area contributed by atoms with E-state index >= 15 is 0 Å². The molecule has 0 amide bonds. The van der Waals surface area contributed by atoms with Gasteiger partial charge in [-0.1, -0.05) is 19.3 Å². The third kappa shape index (κ3) is 3.44. The first-order valence-electron chi connectivity index (χ1n) is 6.35. The predicted molar refractivity (Wildman–Crippen MR) is 62.0 cm³/mol. The molecule has 3 heteroatoms. The molecule has 0 aromatic heterocycles. The summed E-state index contributed by atoms with van der Waals surface area (Å²) in [6.07, 6.45) is 7.37. The molecule has 1 aliphatic heterocycles. The van der Waals surface area contributed by atoms with Crippen LogP contribution in [-0.4, -0.2) is 38.9 Å². The Bertz CT molecular complexity index is 182. The van der Waals surface area contributed by atoms with Crippen molar-refractivity contribution in [3.05, 3.63) is 0 Å². The lowest BCUT2D eigenvalue weighted by Gasteiger charge is -2.25. The van der Waals surface area contributed by atoms with Gasteiger partial charge in [0.15, 0.2) is 0 Å². The van der Waals surface area contributed by atoms with Crippen LogP contribution >= 0.6 is 0 Å². The van der Waals surface area contributed by atoms with Crippen molar-refractivity contribution in [3.63, 3.8) is 0 Å². The lowest BCUT2D eigenvalue weighted by atomic mass is 9.83. The molecule has 0 aromatic rings. The quantitative estimate of drug-likeness (QED) is 0.648. The van der Waals surface area contributed by atoms with Crippen molar-refractivity contribution >= 4 is 0 Å². The second-order valence-corrected chi connectivity index (χ2v) is 4.99. The molecule has 0 spiro atoms. The molecule has 0 radical (unpaired) electrons. The summed E-state index contributed by atoms with van der Waals surface area (Å²) < 4.78 is 5.32. The Morgan fingerprint density at radius 2 is 2.27 bits per heavy atom. The highest BCUT2D eigenvalue weighted by atomic mass is 16.5. The summed E-state index contributed by atoms with van der Waals surface area (Å²) in [5, 5.41) is 7.04. The summed E-state index contributed by atoms with van der Waals surface area (Å²) in [7, 11) is 1.80. The van der Waals surface area contributed by atoms with Gasteiger partial charge in [0.05, 0.1) is 6.10 Å². The molecular formula is C12H24N2O. The normalized spacial score (nSPS) is 31.8. The summed E-state index contributed by atoms with van der Waals surface area (Å²) in [5.74, 6) is 1.03. The summed E-state index contributed by atoms with van der Waals surface area (Å²) in [6.45, 7) is 3.32. The maximum absolute atomic E-state index is 5.32. The van der Waals surface area contributed by atoms with Gasteiger partial charge >= 0.3 is 0 Å². The van der Waals surface area contributed by atoms with E-state index in [1.54, 1.807) is 7.11 Å². The zero-order valence-electron chi connectivity index (χ0n) is 9.80. The van der Waals surface area contributed by atoms with Crippen LogP contribution in [0.5, 0.6) is 0 Å². The van der Waals surface area contributed by atoms with Crippen LogP contribution in [0, 0.1) is 5.92 Å². The standard InChI is InChI=1S/C12H24N2O/c1-15-12-7-11(14-9-12)8-13-6-5-10-3-2-4-10/h10-14H,2-9H2,1H3. The number of methoxy groups -OCH3 is 1. The molecule has 1 heterocycles. The number of ether oxygens (including phenoxy) is 1. The number of hydrogen-bond acceptors (Lipinski definition) is 3. The SMILES string of the molecule is COC1CNC(CNCCC2CCC2)C1. The van der Waals surface area contributed by atoms with Gasteiger partial charge in [-0.05, 0) is 25.3 Å². The zero-order chi connectivity index (χ0) is 10.5. The monoisotopic (exact) mass is 212 g/mol. The second-order valence-electron chi connectivity index (χ2n) is 4.99. The minimum Gasteiger partial charge on any atom is -0.380 e. The number of rotatable bonds is 6. The van der Waals surface area contributed by atoms with E-state index in [0.717, 1.165) is 25.4 Å². The van der Waals surface area contributed by atoms with E-state index in [1.165, 1.54) is 32.2 Å². The minimum absolute atomic E-state index is 0.434. The Hall–Kier alpha value is -0.120. The fourth-order valence-electron chi connectivity index (χ4n) is 2.48. The van der Waals surface area contributed by atoms with Crippen molar-refractivity contribution in [1.82, 2.24) is 10.6 Å². The third-order valence-corrected chi connectivity index (χ3v) is 3.86. The second kappa shape index (κ2) is 5.83. The van der Waals surface area contributed by atoms with E-state index in [2.05, 4.69) is 10.6 Å². The molecule has 2 atom stereocenters. The molecule has 88 valence electrons. The first kappa shape index (κ1) is 11.4. The van der Waals surface area contributed by atoms with Crippen LogP contribution in [0.3, 0.4) is 0 Å². The van der Waals surface area contributed by atoms with Crippen LogP contribution in [0.4, 0.5) is 0 Å². The Kier molecular flexibility index (Phi) is 4.42. The average Bonchev–Trinajstić information content (AvgIpc) is 2.62. The van der Waals surface area contributed by atoms with Gasteiger partial charge in [-0.15, -0.1) is 0 Å². The lowest BCUT2D eigenvalue weighted by Crippen LogP contribution is -2.35. The van der Waals surface area contributed by atoms with Crippen LogP contribution in [0.1, 0.15) is 32.1 Å². The van der Waals surface area contributed by atoms with E-state index in [9.17, 15) is 0 Å². The highest BCUT2D eigenvalue weighted by Gasteiger charge is 2.23. The van der Waals surface area contributed by atoms with Crippen LogP contribution in [0.2, 0.25) is 0 Å². The Morgan fingerprint density at radius 3 is 2.87 bits per heavy atom. The van der Waals surface area contributed by atoms with Gasteiger partial charge in [0.2, 0.25) is 0 Å². The predicted octanol–water partition coefficient (Wildman–Crippen LogP) is 1.14. The Morgan fingerprint density at radius 1 is 1.40 bits per heavy atom. The fourth-order valence-corrected chi connectivity index (χ4v) is 2.48. The first-order chi connectivity index (χ1) is 7.38. The molecule has 1 saturated carbocycles. The van der Waals surface area contributed by atoms with Crippen LogP contribution in [-0.2, 0) is 4.74 Å². The molecule has 1 aliphatic carbocycles. The van der Waals surface area contributed by atoms with Gasteiger partial charge in [-0.25, -0.2) is 0 Å². The van der Waals surface area contributed by atoms with Crippen molar-refractivity contribution in [2.45, 2.75) is 44.2 Å².